The van der Waals surface area contributed by atoms with Gasteiger partial charge in [-0.25, -0.2) is 0 Å². The van der Waals surface area contributed by atoms with E-state index in [0.717, 1.165) is 5.56 Å². The Balaban J connectivity index is 1.66. The number of amides is 1. The van der Waals surface area contributed by atoms with Crippen molar-refractivity contribution in [3.05, 3.63) is 34.3 Å². The smallest absolute Gasteiger partial charge is 0.254 e. The first-order chi connectivity index (χ1) is 10.9. The topological polar surface area (TPSA) is 70.0 Å². The minimum atomic E-state index is -0.808. The quantitative estimate of drug-likeness (QED) is 0.818. The molecule has 2 fully saturated rings. The maximum absolute atomic E-state index is 12.7. The van der Waals surface area contributed by atoms with Crippen molar-refractivity contribution >= 4 is 17.5 Å². The first-order valence-corrected chi connectivity index (χ1v) is 8.33. The molecule has 1 spiro atoms. The number of halogens is 1. The van der Waals surface area contributed by atoms with Crippen LogP contribution in [-0.4, -0.2) is 58.5 Å². The second-order valence-corrected chi connectivity index (χ2v) is 7.02. The predicted molar refractivity (Wildman–Crippen MR) is 86.6 cm³/mol. The fourth-order valence-electron chi connectivity index (χ4n) is 3.45. The van der Waals surface area contributed by atoms with Crippen LogP contribution in [0.15, 0.2) is 18.2 Å². The summed E-state index contributed by atoms with van der Waals surface area (Å²) in [6.45, 7) is 3.21. The van der Waals surface area contributed by atoms with Crippen molar-refractivity contribution in [2.45, 2.75) is 44.0 Å². The molecule has 1 aromatic rings. The molecule has 2 N–H and O–H groups in total. The molecule has 2 saturated heterocycles. The molecule has 0 bridgehead atoms. The molecular weight excluding hydrogens is 318 g/mol. The van der Waals surface area contributed by atoms with Crippen LogP contribution in [0.5, 0.6) is 0 Å². The largest absolute Gasteiger partial charge is 0.390 e. The molecule has 1 amide bonds. The molecule has 0 aromatic heterocycles. The van der Waals surface area contributed by atoms with E-state index in [4.69, 9.17) is 16.3 Å². The van der Waals surface area contributed by atoms with Gasteiger partial charge in [-0.1, -0.05) is 11.6 Å². The third-order valence-electron chi connectivity index (χ3n) is 4.97. The molecule has 2 aliphatic heterocycles. The summed E-state index contributed by atoms with van der Waals surface area (Å²) in [6.07, 6.45) is 0.224. The van der Waals surface area contributed by atoms with Crippen molar-refractivity contribution in [1.82, 2.24) is 4.90 Å². The number of aryl methyl sites for hydroxylation is 1. The summed E-state index contributed by atoms with van der Waals surface area (Å²) in [6, 6.07) is 5.29. The monoisotopic (exact) mass is 339 g/mol. The number of ether oxygens (including phenoxy) is 1. The number of carbonyl (C=O) groups is 1. The second-order valence-electron chi connectivity index (χ2n) is 6.58. The molecule has 0 radical (unpaired) electrons. The second kappa shape index (κ2) is 6.40. The van der Waals surface area contributed by atoms with Crippen LogP contribution in [-0.2, 0) is 4.74 Å². The van der Waals surface area contributed by atoms with E-state index < -0.39 is 17.8 Å². The van der Waals surface area contributed by atoms with Gasteiger partial charge in [0, 0.05) is 30.1 Å². The minimum Gasteiger partial charge on any atom is -0.390 e. The Morgan fingerprint density at radius 1 is 1.30 bits per heavy atom. The van der Waals surface area contributed by atoms with E-state index in [2.05, 4.69) is 0 Å². The standard InChI is InChI=1S/C17H22ClNO4/c1-11-8-12(18)2-3-13(11)16(22)19-6-4-17(5-7-19)9-14(20)15(21)10-23-17/h2-3,8,14-15,20-21H,4-7,9-10H2,1H3/t14-,15+/m1/s1. The van der Waals surface area contributed by atoms with Crippen molar-refractivity contribution in [3.8, 4) is 0 Å². The molecule has 0 aliphatic carbocycles. The zero-order valence-electron chi connectivity index (χ0n) is 13.2. The van der Waals surface area contributed by atoms with Crippen molar-refractivity contribution in [1.29, 1.82) is 0 Å². The van der Waals surface area contributed by atoms with Gasteiger partial charge >= 0.3 is 0 Å². The van der Waals surface area contributed by atoms with E-state index >= 15 is 0 Å². The molecule has 2 aliphatic rings. The number of carbonyl (C=O) groups excluding carboxylic acids is 1. The third kappa shape index (κ3) is 3.38. The summed E-state index contributed by atoms with van der Waals surface area (Å²) in [4.78, 5) is 14.5. The lowest BCUT2D eigenvalue weighted by Gasteiger charge is -2.46. The molecule has 23 heavy (non-hydrogen) atoms. The molecule has 6 heteroatoms. The lowest BCUT2D eigenvalue weighted by Crippen LogP contribution is -2.55. The molecule has 2 atom stereocenters. The zero-order valence-corrected chi connectivity index (χ0v) is 13.9. The fraction of sp³-hybridized carbons (Fsp3) is 0.588. The van der Waals surface area contributed by atoms with Crippen LogP contribution < -0.4 is 0 Å². The van der Waals surface area contributed by atoms with Crippen LogP contribution in [0.3, 0.4) is 0 Å². The Morgan fingerprint density at radius 3 is 2.61 bits per heavy atom. The van der Waals surface area contributed by atoms with Crippen molar-refractivity contribution in [2.24, 2.45) is 0 Å². The summed E-state index contributed by atoms with van der Waals surface area (Å²) in [5, 5.41) is 20.1. The summed E-state index contributed by atoms with van der Waals surface area (Å²) in [7, 11) is 0. The summed E-state index contributed by atoms with van der Waals surface area (Å²) in [5.41, 5.74) is 1.13. The Bertz CT molecular complexity index is 598. The van der Waals surface area contributed by atoms with Crippen LogP contribution in [0.2, 0.25) is 5.02 Å². The van der Waals surface area contributed by atoms with Gasteiger partial charge in [0.05, 0.1) is 18.3 Å². The van der Waals surface area contributed by atoms with E-state index in [9.17, 15) is 15.0 Å². The SMILES string of the molecule is Cc1cc(Cl)ccc1C(=O)N1CCC2(CC1)C[C@@H](O)[C@@H](O)CO2. The number of aliphatic hydroxyl groups excluding tert-OH is 2. The molecule has 3 rings (SSSR count). The predicted octanol–water partition coefficient (Wildman–Crippen LogP) is 1.77. The van der Waals surface area contributed by atoms with Crippen molar-refractivity contribution < 1.29 is 19.7 Å². The van der Waals surface area contributed by atoms with Crippen LogP contribution in [0.1, 0.15) is 35.2 Å². The Hall–Kier alpha value is -1.14. The number of piperidine rings is 1. The highest BCUT2D eigenvalue weighted by atomic mass is 35.5. The Morgan fingerprint density at radius 2 is 2.00 bits per heavy atom. The highest BCUT2D eigenvalue weighted by Crippen LogP contribution is 2.35. The van der Waals surface area contributed by atoms with Crippen molar-refractivity contribution in [2.75, 3.05) is 19.7 Å². The molecule has 5 nitrogen and oxygen atoms in total. The summed E-state index contributed by atoms with van der Waals surface area (Å²) in [5.74, 6) is 0.00501. The van der Waals surface area contributed by atoms with Crippen LogP contribution in [0.4, 0.5) is 0 Å². The maximum atomic E-state index is 12.7. The van der Waals surface area contributed by atoms with Gasteiger partial charge in [0.15, 0.2) is 0 Å². The van der Waals surface area contributed by atoms with Crippen LogP contribution >= 0.6 is 11.6 Å². The number of hydrogen-bond donors (Lipinski definition) is 2. The Labute approximate surface area is 140 Å². The van der Waals surface area contributed by atoms with Gasteiger partial charge in [-0.15, -0.1) is 0 Å². The molecule has 2 heterocycles. The maximum Gasteiger partial charge on any atom is 0.254 e. The van der Waals surface area contributed by atoms with E-state index in [0.29, 0.717) is 42.9 Å². The number of aliphatic hydroxyl groups is 2. The normalized spacial score (nSPS) is 27.2. The first-order valence-electron chi connectivity index (χ1n) is 7.96. The van der Waals surface area contributed by atoms with Gasteiger partial charge in [0.25, 0.3) is 5.91 Å². The minimum absolute atomic E-state index is 0.00501. The molecule has 0 unspecified atom stereocenters. The van der Waals surface area contributed by atoms with Crippen LogP contribution in [0.25, 0.3) is 0 Å². The average molecular weight is 340 g/mol. The first kappa shape index (κ1) is 16.7. The Kier molecular flexibility index (Phi) is 4.65. The number of rotatable bonds is 1. The van der Waals surface area contributed by atoms with Gasteiger partial charge in [-0.3, -0.25) is 4.79 Å². The van der Waals surface area contributed by atoms with Crippen molar-refractivity contribution in [3.63, 3.8) is 0 Å². The van der Waals surface area contributed by atoms with E-state index in [1.807, 2.05) is 11.8 Å². The van der Waals surface area contributed by atoms with Gasteiger partial charge in [0.1, 0.15) is 6.10 Å². The molecule has 0 saturated carbocycles. The molecular formula is C17H22ClNO4. The number of nitrogens with zero attached hydrogens (tertiary/aromatic N) is 1. The highest BCUT2D eigenvalue weighted by Gasteiger charge is 2.43. The van der Waals surface area contributed by atoms with Gasteiger partial charge in [0.2, 0.25) is 0 Å². The van der Waals surface area contributed by atoms with E-state index in [1.165, 1.54) is 0 Å². The van der Waals surface area contributed by atoms with E-state index in [-0.39, 0.29) is 12.5 Å². The third-order valence-corrected chi connectivity index (χ3v) is 5.20. The average Bonchev–Trinajstić information content (AvgIpc) is 2.52. The van der Waals surface area contributed by atoms with Crippen LogP contribution in [0, 0.1) is 6.92 Å². The number of hydrogen-bond acceptors (Lipinski definition) is 4. The number of likely N-dealkylation sites (tertiary alicyclic amines) is 1. The summed E-state index contributed by atoms with van der Waals surface area (Å²) >= 11 is 5.94. The zero-order chi connectivity index (χ0) is 16.6. The van der Waals surface area contributed by atoms with Gasteiger partial charge < -0.3 is 19.8 Å². The molecule has 1 aromatic carbocycles. The molecule has 126 valence electrons. The lowest BCUT2D eigenvalue weighted by atomic mass is 9.82. The summed E-state index contributed by atoms with van der Waals surface area (Å²) < 4.78 is 5.80. The number of benzene rings is 1. The van der Waals surface area contributed by atoms with E-state index in [1.54, 1.807) is 18.2 Å². The lowest BCUT2D eigenvalue weighted by molar-refractivity contribution is -0.185. The fourth-order valence-corrected chi connectivity index (χ4v) is 3.68. The van der Waals surface area contributed by atoms with Gasteiger partial charge in [-0.2, -0.15) is 0 Å². The highest BCUT2D eigenvalue weighted by molar-refractivity contribution is 6.30. The van der Waals surface area contributed by atoms with Gasteiger partial charge in [-0.05, 0) is 43.5 Å².